The maximum atomic E-state index is 12.3. The Morgan fingerprint density at radius 1 is 1.44 bits per heavy atom. The summed E-state index contributed by atoms with van der Waals surface area (Å²) in [6.45, 7) is 3.62. The SMILES string of the molecule is Cc1ccccc1CC(=O)N1CCCC1CCN. The highest BCUT2D eigenvalue weighted by molar-refractivity contribution is 5.79. The highest BCUT2D eigenvalue weighted by Crippen LogP contribution is 2.21. The monoisotopic (exact) mass is 246 g/mol. The predicted octanol–water partition coefficient (Wildman–Crippen LogP) is 1.88. The molecule has 18 heavy (non-hydrogen) atoms. The van der Waals surface area contributed by atoms with Gasteiger partial charge >= 0.3 is 0 Å². The predicted molar refractivity (Wildman–Crippen MR) is 73.3 cm³/mol. The van der Waals surface area contributed by atoms with Crippen molar-refractivity contribution in [3.05, 3.63) is 35.4 Å². The minimum atomic E-state index is 0.250. The third-order valence-electron chi connectivity index (χ3n) is 3.80. The van der Waals surface area contributed by atoms with Gasteiger partial charge in [-0.15, -0.1) is 0 Å². The van der Waals surface area contributed by atoms with E-state index in [0.717, 1.165) is 31.4 Å². The molecule has 1 saturated heterocycles. The molecule has 0 aliphatic carbocycles. The normalized spacial score (nSPS) is 19.2. The van der Waals surface area contributed by atoms with Crippen molar-refractivity contribution >= 4 is 5.91 Å². The number of hydrogen-bond donors (Lipinski definition) is 1. The summed E-state index contributed by atoms with van der Waals surface area (Å²) >= 11 is 0. The number of likely N-dealkylation sites (tertiary alicyclic amines) is 1. The lowest BCUT2D eigenvalue weighted by Crippen LogP contribution is -2.37. The van der Waals surface area contributed by atoms with Crippen molar-refractivity contribution in [3.63, 3.8) is 0 Å². The summed E-state index contributed by atoms with van der Waals surface area (Å²) < 4.78 is 0. The first kappa shape index (κ1) is 13.1. The summed E-state index contributed by atoms with van der Waals surface area (Å²) in [6.07, 6.45) is 3.67. The second kappa shape index (κ2) is 6.01. The first-order valence-electron chi connectivity index (χ1n) is 6.76. The van der Waals surface area contributed by atoms with Gasteiger partial charge in [0.1, 0.15) is 0 Å². The fourth-order valence-electron chi connectivity index (χ4n) is 2.73. The fraction of sp³-hybridized carbons (Fsp3) is 0.533. The molecule has 2 N–H and O–H groups in total. The quantitative estimate of drug-likeness (QED) is 0.881. The van der Waals surface area contributed by atoms with Crippen LogP contribution < -0.4 is 5.73 Å². The number of carbonyl (C=O) groups excluding carboxylic acids is 1. The van der Waals surface area contributed by atoms with E-state index < -0.39 is 0 Å². The molecule has 1 fully saturated rings. The van der Waals surface area contributed by atoms with Crippen LogP contribution in [-0.2, 0) is 11.2 Å². The zero-order valence-corrected chi connectivity index (χ0v) is 11.1. The van der Waals surface area contributed by atoms with Gasteiger partial charge in [0.25, 0.3) is 0 Å². The van der Waals surface area contributed by atoms with Crippen LogP contribution in [0, 0.1) is 6.92 Å². The van der Waals surface area contributed by atoms with Gasteiger partial charge in [0.05, 0.1) is 6.42 Å². The maximum Gasteiger partial charge on any atom is 0.227 e. The fourth-order valence-corrected chi connectivity index (χ4v) is 2.73. The van der Waals surface area contributed by atoms with Gasteiger partial charge in [-0.2, -0.15) is 0 Å². The lowest BCUT2D eigenvalue weighted by Gasteiger charge is -2.24. The van der Waals surface area contributed by atoms with E-state index in [1.54, 1.807) is 0 Å². The number of benzene rings is 1. The molecule has 1 aliphatic heterocycles. The third-order valence-corrected chi connectivity index (χ3v) is 3.80. The van der Waals surface area contributed by atoms with E-state index in [1.165, 1.54) is 5.56 Å². The maximum absolute atomic E-state index is 12.3. The Balaban J connectivity index is 2.01. The molecule has 1 aliphatic rings. The van der Waals surface area contributed by atoms with Crippen molar-refractivity contribution in [2.24, 2.45) is 5.73 Å². The molecular weight excluding hydrogens is 224 g/mol. The number of nitrogens with two attached hydrogens (primary N) is 1. The minimum Gasteiger partial charge on any atom is -0.339 e. The summed E-state index contributed by atoms with van der Waals surface area (Å²) in [5, 5.41) is 0. The van der Waals surface area contributed by atoms with E-state index in [1.807, 2.05) is 23.1 Å². The number of carbonyl (C=O) groups is 1. The molecular formula is C15H22N2O. The molecule has 1 aromatic rings. The third kappa shape index (κ3) is 2.91. The number of nitrogens with zero attached hydrogens (tertiary/aromatic N) is 1. The van der Waals surface area contributed by atoms with Gasteiger partial charge < -0.3 is 10.6 Å². The van der Waals surface area contributed by atoms with Crippen molar-refractivity contribution in [1.82, 2.24) is 4.90 Å². The van der Waals surface area contributed by atoms with Gasteiger partial charge in [-0.1, -0.05) is 24.3 Å². The summed E-state index contributed by atoms with van der Waals surface area (Å²) in [4.78, 5) is 14.4. The molecule has 1 heterocycles. The Bertz CT molecular complexity index is 417. The van der Waals surface area contributed by atoms with E-state index >= 15 is 0 Å². The Hall–Kier alpha value is -1.35. The van der Waals surface area contributed by atoms with E-state index in [9.17, 15) is 4.79 Å². The number of aryl methyl sites for hydroxylation is 1. The lowest BCUT2D eigenvalue weighted by molar-refractivity contribution is -0.131. The van der Waals surface area contributed by atoms with Gasteiger partial charge in [0.2, 0.25) is 5.91 Å². The van der Waals surface area contributed by atoms with E-state index in [-0.39, 0.29) is 5.91 Å². The average molecular weight is 246 g/mol. The molecule has 0 spiro atoms. The second-order valence-electron chi connectivity index (χ2n) is 5.06. The summed E-state index contributed by atoms with van der Waals surface area (Å²) in [7, 11) is 0. The van der Waals surface area contributed by atoms with Crippen LogP contribution in [0.3, 0.4) is 0 Å². The standard InChI is InChI=1S/C15H22N2O/c1-12-5-2-3-6-13(12)11-15(18)17-10-4-7-14(17)8-9-16/h2-3,5-6,14H,4,7-11,16H2,1H3. The first-order chi connectivity index (χ1) is 8.72. The summed E-state index contributed by atoms with van der Waals surface area (Å²) in [6, 6.07) is 8.48. The van der Waals surface area contributed by atoms with Gasteiger partial charge in [-0.3, -0.25) is 4.79 Å². The van der Waals surface area contributed by atoms with Crippen molar-refractivity contribution < 1.29 is 4.79 Å². The average Bonchev–Trinajstić information content (AvgIpc) is 2.81. The van der Waals surface area contributed by atoms with Crippen molar-refractivity contribution in [1.29, 1.82) is 0 Å². The van der Waals surface area contributed by atoms with Crippen LogP contribution >= 0.6 is 0 Å². The molecule has 0 radical (unpaired) electrons. The molecule has 3 heteroatoms. The Morgan fingerprint density at radius 2 is 2.22 bits per heavy atom. The van der Waals surface area contributed by atoms with Gasteiger partial charge in [0.15, 0.2) is 0 Å². The van der Waals surface area contributed by atoms with E-state index in [0.29, 0.717) is 19.0 Å². The molecule has 98 valence electrons. The molecule has 1 unspecified atom stereocenters. The molecule has 3 nitrogen and oxygen atoms in total. The highest BCUT2D eigenvalue weighted by atomic mass is 16.2. The van der Waals surface area contributed by atoms with Crippen molar-refractivity contribution in [3.8, 4) is 0 Å². The molecule has 1 amide bonds. The topological polar surface area (TPSA) is 46.3 Å². The zero-order chi connectivity index (χ0) is 13.0. The largest absolute Gasteiger partial charge is 0.339 e. The number of rotatable bonds is 4. The van der Waals surface area contributed by atoms with Crippen molar-refractivity contribution in [2.45, 2.75) is 38.6 Å². The Morgan fingerprint density at radius 3 is 2.94 bits per heavy atom. The van der Waals surface area contributed by atoms with Crippen LogP contribution in [0.4, 0.5) is 0 Å². The van der Waals surface area contributed by atoms with Crippen LogP contribution in [0.1, 0.15) is 30.4 Å². The molecule has 2 rings (SSSR count). The lowest BCUT2D eigenvalue weighted by atomic mass is 10.0. The molecule has 0 aromatic heterocycles. The number of hydrogen-bond acceptors (Lipinski definition) is 2. The van der Waals surface area contributed by atoms with Crippen LogP contribution in [0.2, 0.25) is 0 Å². The molecule has 1 aromatic carbocycles. The Kier molecular flexibility index (Phi) is 4.37. The number of amides is 1. The van der Waals surface area contributed by atoms with Gasteiger partial charge in [-0.25, -0.2) is 0 Å². The highest BCUT2D eigenvalue weighted by Gasteiger charge is 2.27. The first-order valence-corrected chi connectivity index (χ1v) is 6.76. The smallest absolute Gasteiger partial charge is 0.227 e. The van der Waals surface area contributed by atoms with Crippen LogP contribution in [0.5, 0.6) is 0 Å². The van der Waals surface area contributed by atoms with E-state index in [2.05, 4.69) is 13.0 Å². The second-order valence-corrected chi connectivity index (χ2v) is 5.06. The van der Waals surface area contributed by atoms with E-state index in [4.69, 9.17) is 5.73 Å². The van der Waals surface area contributed by atoms with Gasteiger partial charge in [-0.05, 0) is 43.9 Å². The molecule has 1 atom stereocenters. The van der Waals surface area contributed by atoms with Crippen LogP contribution in [0.25, 0.3) is 0 Å². The van der Waals surface area contributed by atoms with Crippen LogP contribution in [-0.4, -0.2) is 29.9 Å². The minimum absolute atomic E-state index is 0.250. The van der Waals surface area contributed by atoms with Crippen molar-refractivity contribution in [2.75, 3.05) is 13.1 Å². The molecule has 0 saturated carbocycles. The summed E-state index contributed by atoms with van der Waals surface area (Å²) in [5.41, 5.74) is 7.94. The van der Waals surface area contributed by atoms with Crippen LogP contribution in [0.15, 0.2) is 24.3 Å². The Labute approximate surface area is 109 Å². The van der Waals surface area contributed by atoms with Gasteiger partial charge in [0, 0.05) is 12.6 Å². The molecule has 0 bridgehead atoms. The summed E-state index contributed by atoms with van der Waals surface area (Å²) in [5.74, 6) is 0.250. The zero-order valence-electron chi connectivity index (χ0n) is 11.1.